The van der Waals surface area contributed by atoms with Crippen molar-refractivity contribution in [2.24, 2.45) is 0 Å². The average Bonchev–Trinajstić information content (AvgIpc) is 3.24. The zero-order valence-corrected chi connectivity index (χ0v) is 17.2. The van der Waals surface area contributed by atoms with Crippen LogP contribution in [0.15, 0.2) is 0 Å². The maximum absolute atomic E-state index is 12.2. The number of ether oxygens (including phenoxy) is 2. The topological polar surface area (TPSA) is 107 Å². The summed E-state index contributed by atoms with van der Waals surface area (Å²) in [4.78, 5) is 37.8. The van der Waals surface area contributed by atoms with Gasteiger partial charge < -0.3 is 14.8 Å². The molecular weight excluding hydrogens is 390 g/mol. The minimum absolute atomic E-state index is 0.239. The van der Waals surface area contributed by atoms with Crippen molar-refractivity contribution in [2.75, 3.05) is 18.5 Å². The number of esters is 2. The van der Waals surface area contributed by atoms with Crippen molar-refractivity contribution >= 4 is 45.7 Å². The van der Waals surface area contributed by atoms with E-state index in [9.17, 15) is 14.4 Å². The lowest BCUT2D eigenvalue weighted by Crippen LogP contribution is -2.22. The number of anilines is 1. The number of thiophene rings is 1. The normalized spacial score (nSPS) is 10.5. The highest BCUT2D eigenvalue weighted by atomic mass is 32.1. The Balaban J connectivity index is 2.07. The van der Waals surface area contributed by atoms with E-state index in [4.69, 9.17) is 9.47 Å². The molecule has 0 bridgehead atoms. The minimum atomic E-state index is -0.640. The van der Waals surface area contributed by atoms with Gasteiger partial charge in [-0.25, -0.2) is 9.59 Å². The first-order valence-corrected chi connectivity index (χ1v) is 10.1. The van der Waals surface area contributed by atoms with Crippen molar-refractivity contribution in [3.05, 3.63) is 26.6 Å². The van der Waals surface area contributed by atoms with Gasteiger partial charge >= 0.3 is 11.9 Å². The molecular formula is C17H21N3O5S2. The summed E-state index contributed by atoms with van der Waals surface area (Å²) in [5.41, 5.74) is 1.67. The number of aryl methyl sites for hydroxylation is 2. The average molecular weight is 412 g/mol. The summed E-state index contributed by atoms with van der Waals surface area (Å²) in [7, 11) is 0. The molecule has 2 aromatic rings. The summed E-state index contributed by atoms with van der Waals surface area (Å²) in [5.74, 6) is -1.66. The SMILES string of the molecule is CCOC(=O)c1c(NC(=O)COC(=O)c2snnc2CC)sc(CC)c1C. The fourth-order valence-electron chi connectivity index (χ4n) is 2.39. The molecule has 0 aliphatic rings. The predicted molar refractivity (Wildman–Crippen MR) is 103 cm³/mol. The molecule has 0 saturated heterocycles. The van der Waals surface area contributed by atoms with Crippen molar-refractivity contribution in [3.63, 3.8) is 0 Å². The third-order valence-corrected chi connectivity index (χ3v) is 5.81. The number of nitrogens with one attached hydrogen (secondary N) is 1. The molecule has 1 N–H and O–H groups in total. The standard InChI is InChI=1S/C17H21N3O5S2/c1-5-10-14(27-20-19-10)17(23)25-8-12(21)18-15-13(16(22)24-7-3)9(4)11(6-2)26-15/h5-8H2,1-4H3,(H,18,21). The molecule has 0 aliphatic carbocycles. The third kappa shape index (κ3) is 4.89. The van der Waals surface area contributed by atoms with E-state index in [-0.39, 0.29) is 11.5 Å². The van der Waals surface area contributed by atoms with Crippen LogP contribution < -0.4 is 5.32 Å². The van der Waals surface area contributed by atoms with Crippen LogP contribution in [0.2, 0.25) is 0 Å². The van der Waals surface area contributed by atoms with Crippen LogP contribution in [0.3, 0.4) is 0 Å². The Morgan fingerprint density at radius 2 is 1.81 bits per heavy atom. The van der Waals surface area contributed by atoms with Crippen LogP contribution in [-0.2, 0) is 27.1 Å². The van der Waals surface area contributed by atoms with Crippen molar-refractivity contribution in [2.45, 2.75) is 40.5 Å². The highest BCUT2D eigenvalue weighted by molar-refractivity contribution is 7.17. The van der Waals surface area contributed by atoms with Gasteiger partial charge in [0.2, 0.25) is 0 Å². The van der Waals surface area contributed by atoms with E-state index in [0.717, 1.165) is 28.4 Å². The van der Waals surface area contributed by atoms with Crippen LogP contribution in [0.25, 0.3) is 0 Å². The van der Waals surface area contributed by atoms with Crippen LogP contribution in [0.5, 0.6) is 0 Å². The first kappa shape index (κ1) is 21.0. The summed E-state index contributed by atoms with van der Waals surface area (Å²) in [5, 5.41) is 6.89. The fraction of sp³-hybridized carbons (Fsp3) is 0.471. The highest BCUT2D eigenvalue weighted by Crippen LogP contribution is 2.34. The zero-order chi connectivity index (χ0) is 20.0. The van der Waals surface area contributed by atoms with Crippen molar-refractivity contribution in [1.82, 2.24) is 9.59 Å². The number of hydrogen-bond donors (Lipinski definition) is 1. The van der Waals surface area contributed by atoms with E-state index >= 15 is 0 Å². The molecule has 0 unspecified atom stereocenters. The van der Waals surface area contributed by atoms with Crippen molar-refractivity contribution < 1.29 is 23.9 Å². The molecule has 10 heteroatoms. The molecule has 0 fully saturated rings. The molecule has 0 aliphatic heterocycles. The summed E-state index contributed by atoms with van der Waals surface area (Å²) < 4.78 is 13.8. The molecule has 1 amide bonds. The molecule has 2 heterocycles. The molecule has 0 radical (unpaired) electrons. The van der Waals surface area contributed by atoms with Crippen LogP contribution >= 0.6 is 22.9 Å². The van der Waals surface area contributed by atoms with E-state index in [1.54, 1.807) is 6.92 Å². The summed E-state index contributed by atoms with van der Waals surface area (Å²) in [6, 6.07) is 0. The van der Waals surface area contributed by atoms with E-state index in [0.29, 0.717) is 22.7 Å². The third-order valence-electron chi connectivity index (χ3n) is 3.71. The molecule has 0 atom stereocenters. The Morgan fingerprint density at radius 1 is 1.07 bits per heavy atom. The Kier molecular flexibility index (Phi) is 7.43. The van der Waals surface area contributed by atoms with Gasteiger partial charge in [-0.05, 0) is 43.8 Å². The van der Waals surface area contributed by atoms with Gasteiger partial charge in [-0.1, -0.05) is 18.3 Å². The lowest BCUT2D eigenvalue weighted by Gasteiger charge is -2.07. The largest absolute Gasteiger partial charge is 0.462 e. The Labute approximate surface area is 165 Å². The molecule has 2 aromatic heterocycles. The summed E-state index contributed by atoms with van der Waals surface area (Å²) in [6.07, 6.45) is 1.27. The predicted octanol–water partition coefficient (Wildman–Crippen LogP) is 3.01. The van der Waals surface area contributed by atoms with Crippen LogP contribution in [0, 0.1) is 6.92 Å². The van der Waals surface area contributed by atoms with Gasteiger partial charge in [-0.15, -0.1) is 16.4 Å². The van der Waals surface area contributed by atoms with Gasteiger partial charge in [-0.3, -0.25) is 4.79 Å². The number of rotatable bonds is 8. The molecule has 0 aromatic carbocycles. The lowest BCUT2D eigenvalue weighted by atomic mass is 10.1. The quantitative estimate of drug-likeness (QED) is 0.665. The van der Waals surface area contributed by atoms with Gasteiger partial charge in [0.05, 0.1) is 17.9 Å². The molecule has 146 valence electrons. The molecule has 2 rings (SSSR count). The Bertz CT molecular complexity index is 844. The lowest BCUT2D eigenvalue weighted by molar-refractivity contribution is -0.119. The first-order chi connectivity index (χ1) is 12.9. The smallest absolute Gasteiger partial charge is 0.352 e. The van der Waals surface area contributed by atoms with Gasteiger partial charge in [-0.2, -0.15) is 0 Å². The number of hydrogen-bond acceptors (Lipinski definition) is 9. The van der Waals surface area contributed by atoms with Crippen LogP contribution in [0.4, 0.5) is 5.00 Å². The minimum Gasteiger partial charge on any atom is -0.462 e. The van der Waals surface area contributed by atoms with Crippen molar-refractivity contribution in [3.8, 4) is 0 Å². The van der Waals surface area contributed by atoms with E-state index in [2.05, 4.69) is 14.9 Å². The summed E-state index contributed by atoms with van der Waals surface area (Å²) >= 11 is 2.25. The van der Waals surface area contributed by atoms with E-state index < -0.39 is 24.5 Å². The van der Waals surface area contributed by atoms with Gasteiger partial charge in [0, 0.05) is 4.88 Å². The highest BCUT2D eigenvalue weighted by Gasteiger charge is 2.24. The molecule has 27 heavy (non-hydrogen) atoms. The second-order valence-electron chi connectivity index (χ2n) is 5.46. The molecule has 0 spiro atoms. The maximum atomic E-state index is 12.2. The summed E-state index contributed by atoms with van der Waals surface area (Å²) in [6.45, 7) is 7.12. The van der Waals surface area contributed by atoms with Crippen LogP contribution in [-0.4, -0.2) is 40.6 Å². The number of amides is 1. The Morgan fingerprint density at radius 3 is 2.44 bits per heavy atom. The zero-order valence-electron chi connectivity index (χ0n) is 15.6. The maximum Gasteiger partial charge on any atom is 0.352 e. The van der Waals surface area contributed by atoms with Gasteiger partial charge in [0.25, 0.3) is 5.91 Å². The second kappa shape index (κ2) is 9.56. The number of aromatic nitrogens is 2. The van der Waals surface area contributed by atoms with Crippen LogP contribution in [0.1, 0.15) is 56.9 Å². The molecule has 0 saturated carbocycles. The second-order valence-corrected chi connectivity index (χ2v) is 7.31. The van der Waals surface area contributed by atoms with E-state index in [1.165, 1.54) is 11.3 Å². The monoisotopic (exact) mass is 411 g/mol. The number of carbonyl (C=O) groups is 3. The first-order valence-electron chi connectivity index (χ1n) is 8.50. The van der Waals surface area contributed by atoms with E-state index in [1.807, 2.05) is 20.8 Å². The van der Waals surface area contributed by atoms with Crippen molar-refractivity contribution in [1.29, 1.82) is 0 Å². The number of nitrogens with zero attached hydrogens (tertiary/aromatic N) is 2. The number of carbonyl (C=O) groups excluding carboxylic acids is 3. The molecule has 8 nitrogen and oxygen atoms in total. The Hall–Kier alpha value is -2.33. The van der Waals surface area contributed by atoms with Gasteiger partial charge in [0.15, 0.2) is 11.5 Å². The van der Waals surface area contributed by atoms with Gasteiger partial charge in [0.1, 0.15) is 5.00 Å². The fourth-order valence-corrected chi connectivity index (χ4v) is 4.18.